The van der Waals surface area contributed by atoms with Gasteiger partial charge in [-0.1, -0.05) is 0 Å². The van der Waals surface area contributed by atoms with Crippen molar-refractivity contribution in [1.29, 1.82) is 0 Å². The molecule has 3 N–H and O–H groups in total. The topological polar surface area (TPSA) is 76.8 Å². The number of nitrogens with one attached hydrogen (secondary N) is 1. The van der Waals surface area contributed by atoms with Crippen LogP contribution in [0.4, 0.5) is 0 Å². The lowest BCUT2D eigenvalue weighted by molar-refractivity contribution is 0.105. The largest absolute Gasteiger partial charge is 0.370 e. The number of hydrogen-bond acceptors (Lipinski definition) is 4. The van der Waals surface area contributed by atoms with Crippen molar-refractivity contribution in [2.75, 3.05) is 6.61 Å². The Hall–Kier alpha value is -0.940. The number of nitrogens with two attached hydrogens (primary N) is 1. The highest BCUT2D eigenvalue weighted by atomic mass is 16.5. The molecule has 0 saturated carbocycles. The molecule has 0 amide bonds. The molecule has 1 aliphatic heterocycles. The van der Waals surface area contributed by atoms with Crippen molar-refractivity contribution in [2.45, 2.75) is 25.5 Å². The molecule has 0 bridgehead atoms. The third-order valence-corrected chi connectivity index (χ3v) is 1.96. The van der Waals surface area contributed by atoms with E-state index in [0.29, 0.717) is 6.54 Å². The predicted octanol–water partition coefficient (Wildman–Crippen LogP) is 0.115. The molecule has 1 atom stereocenters. The van der Waals surface area contributed by atoms with Crippen LogP contribution in [0, 0.1) is 0 Å². The molecule has 1 aromatic rings. The normalized spacial score (nSPS) is 23.2. The Kier molecular flexibility index (Phi) is 2.05. The van der Waals surface area contributed by atoms with E-state index in [4.69, 9.17) is 10.5 Å². The number of H-pyrrole nitrogens is 1. The zero-order valence-electron chi connectivity index (χ0n) is 6.79. The smallest absolute Gasteiger partial charge is 0.179 e. The van der Waals surface area contributed by atoms with E-state index >= 15 is 0 Å². The van der Waals surface area contributed by atoms with Gasteiger partial charge in [0.2, 0.25) is 0 Å². The SMILES string of the molecule is NCc1nc(C2CCCO2)n[nH]1. The monoisotopic (exact) mass is 168 g/mol. The van der Waals surface area contributed by atoms with Gasteiger partial charge in [-0.25, -0.2) is 4.98 Å². The van der Waals surface area contributed by atoms with Crippen LogP contribution in [0.25, 0.3) is 0 Å². The summed E-state index contributed by atoms with van der Waals surface area (Å²) in [5.74, 6) is 1.47. The second-order valence-corrected chi connectivity index (χ2v) is 2.85. The van der Waals surface area contributed by atoms with Crippen LogP contribution in [-0.2, 0) is 11.3 Å². The van der Waals surface area contributed by atoms with Gasteiger partial charge in [0.25, 0.3) is 0 Å². The van der Waals surface area contributed by atoms with E-state index in [1.165, 1.54) is 0 Å². The van der Waals surface area contributed by atoms with Crippen LogP contribution in [0.1, 0.15) is 30.6 Å². The predicted molar refractivity (Wildman–Crippen MR) is 42.2 cm³/mol. The lowest BCUT2D eigenvalue weighted by Crippen LogP contribution is -2.00. The molecule has 2 rings (SSSR count). The lowest BCUT2D eigenvalue weighted by atomic mass is 10.2. The summed E-state index contributed by atoms with van der Waals surface area (Å²) in [6.45, 7) is 1.22. The van der Waals surface area contributed by atoms with Crippen LogP contribution in [0.15, 0.2) is 0 Å². The summed E-state index contributed by atoms with van der Waals surface area (Å²) in [6.07, 6.45) is 2.19. The summed E-state index contributed by atoms with van der Waals surface area (Å²) in [5, 5.41) is 6.79. The van der Waals surface area contributed by atoms with Gasteiger partial charge in [-0.2, -0.15) is 5.10 Å². The van der Waals surface area contributed by atoms with Gasteiger partial charge in [0, 0.05) is 6.61 Å². The number of hydrogen-bond donors (Lipinski definition) is 2. The van der Waals surface area contributed by atoms with Crippen molar-refractivity contribution >= 4 is 0 Å². The van der Waals surface area contributed by atoms with Crippen molar-refractivity contribution in [3.63, 3.8) is 0 Å². The van der Waals surface area contributed by atoms with Crippen LogP contribution in [0.2, 0.25) is 0 Å². The number of nitrogens with zero attached hydrogens (tertiary/aromatic N) is 2. The van der Waals surface area contributed by atoms with Crippen LogP contribution < -0.4 is 5.73 Å². The summed E-state index contributed by atoms with van der Waals surface area (Å²) < 4.78 is 5.41. The van der Waals surface area contributed by atoms with E-state index in [1.54, 1.807) is 0 Å². The van der Waals surface area contributed by atoms with Gasteiger partial charge in [0.1, 0.15) is 11.9 Å². The molecule has 2 heterocycles. The van der Waals surface area contributed by atoms with Gasteiger partial charge in [0.05, 0.1) is 6.54 Å². The maximum Gasteiger partial charge on any atom is 0.179 e. The highest BCUT2D eigenvalue weighted by molar-refractivity contribution is 4.95. The van der Waals surface area contributed by atoms with Gasteiger partial charge in [-0.15, -0.1) is 0 Å². The quantitative estimate of drug-likeness (QED) is 0.657. The summed E-state index contributed by atoms with van der Waals surface area (Å²) in [4.78, 5) is 4.19. The Balaban J connectivity index is 2.11. The van der Waals surface area contributed by atoms with E-state index in [-0.39, 0.29) is 6.10 Å². The Labute approximate surface area is 70.3 Å². The fourth-order valence-electron chi connectivity index (χ4n) is 1.33. The summed E-state index contributed by atoms with van der Waals surface area (Å²) in [5.41, 5.74) is 5.39. The van der Waals surface area contributed by atoms with Crippen LogP contribution >= 0.6 is 0 Å². The van der Waals surface area contributed by atoms with E-state index < -0.39 is 0 Å². The number of aromatic amines is 1. The van der Waals surface area contributed by atoms with Gasteiger partial charge >= 0.3 is 0 Å². The van der Waals surface area contributed by atoms with Crippen molar-refractivity contribution < 1.29 is 4.74 Å². The van der Waals surface area contributed by atoms with Crippen LogP contribution in [0.3, 0.4) is 0 Å². The average Bonchev–Trinajstić information content (AvgIpc) is 2.75. The molecule has 12 heavy (non-hydrogen) atoms. The zero-order valence-corrected chi connectivity index (χ0v) is 6.79. The Morgan fingerprint density at radius 1 is 1.67 bits per heavy atom. The molecular formula is C7H12N4O. The molecule has 66 valence electrons. The maximum absolute atomic E-state index is 5.41. The molecule has 5 heteroatoms. The fraction of sp³-hybridized carbons (Fsp3) is 0.714. The van der Waals surface area contributed by atoms with E-state index in [0.717, 1.165) is 31.1 Å². The molecular weight excluding hydrogens is 156 g/mol. The third kappa shape index (κ3) is 1.33. The first-order valence-corrected chi connectivity index (χ1v) is 4.13. The van der Waals surface area contributed by atoms with Crippen molar-refractivity contribution in [3.05, 3.63) is 11.6 Å². The fourth-order valence-corrected chi connectivity index (χ4v) is 1.33. The van der Waals surface area contributed by atoms with E-state index in [9.17, 15) is 0 Å². The summed E-state index contributed by atoms with van der Waals surface area (Å²) in [6, 6.07) is 0. The Morgan fingerprint density at radius 2 is 2.58 bits per heavy atom. The van der Waals surface area contributed by atoms with Crippen molar-refractivity contribution in [3.8, 4) is 0 Å². The number of aromatic nitrogens is 3. The lowest BCUT2D eigenvalue weighted by Gasteiger charge is -2.01. The number of rotatable bonds is 2. The Bertz CT molecular complexity index is 254. The first kappa shape index (κ1) is 7.70. The van der Waals surface area contributed by atoms with Crippen LogP contribution in [0.5, 0.6) is 0 Å². The minimum Gasteiger partial charge on any atom is -0.370 e. The third-order valence-electron chi connectivity index (χ3n) is 1.96. The molecule has 0 radical (unpaired) electrons. The van der Waals surface area contributed by atoms with Crippen molar-refractivity contribution in [2.24, 2.45) is 5.73 Å². The van der Waals surface area contributed by atoms with E-state index in [1.807, 2.05) is 0 Å². The minimum atomic E-state index is 0.0848. The standard InChI is InChI=1S/C7H12N4O/c8-4-6-9-7(11-10-6)5-2-1-3-12-5/h5H,1-4,8H2,(H,9,10,11). The second-order valence-electron chi connectivity index (χ2n) is 2.85. The molecule has 1 unspecified atom stereocenters. The van der Waals surface area contributed by atoms with Gasteiger partial charge in [-0.3, -0.25) is 5.10 Å². The second kappa shape index (κ2) is 3.20. The first-order chi connectivity index (χ1) is 5.90. The maximum atomic E-state index is 5.41. The van der Waals surface area contributed by atoms with Crippen molar-refractivity contribution in [1.82, 2.24) is 15.2 Å². The Morgan fingerprint density at radius 3 is 3.17 bits per heavy atom. The average molecular weight is 168 g/mol. The highest BCUT2D eigenvalue weighted by Crippen LogP contribution is 2.25. The van der Waals surface area contributed by atoms with Crippen LogP contribution in [-0.4, -0.2) is 21.8 Å². The van der Waals surface area contributed by atoms with Gasteiger partial charge < -0.3 is 10.5 Å². The number of ether oxygens (including phenoxy) is 1. The summed E-state index contributed by atoms with van der Waals surface area (Å²) >= 11 is 0. The molecule has 0 aliphatic carbocycles. The molecule has 5 nitrogen and oxygen atoms in total. The molecule has 1 saturated heterocycles. The summed E-state index contributed by atoms with van der Waals surface area (Å²) in [7, 11) is 0. The molecule has 1 aromatic heterocycles. The molecule has 0 aromatic carbocycles. The van der Waals surface area contributed by atoms with E-state index in [2.05, 4.69) is 15.2 Å². The molecule has 1 fully saturated rings. The van der Waals surface area contributed by atoms with Gasteiger partial charge in [0.15, 0.2) is 5.82 Å². The minimum absolute atomic E-state index is 0.0848. The molecule has 1 aliphatic rings. The molecule has 0 spiro atoms. The zero-order chi connectivity index (χ0) is 8.39. The van der Waals surface area contributed by atoms with Gasteiger partial charge in [-0.05, 0) is 12.8 Å². The first-order valence-electron chi connectivity index (χ1n) is 4.13. The highest BCUT2D eigenvalue weighted by Gasteiger charge is 2.21.